The minimum atomic E-state index is -0.793. The highest BCUT2D eigenvalue weighted by Crippen LogP contribution is 2.28. The third-order valence-corrected chi connectivity index (χ3v) is 2.54. The van der Waals surface area contributed by atoms with Crippen molar-refractivity contribution in [2.45, 2.75) is 19.4 Å². The third-order valence-electron chi connectivity index (χ3n) is 2.54. The summed E-state index contributed by atoms with van der Waals surface area (Å²) < 4.78 is 9.67. The number of esters is 1. The predicted octanol–water partition coefficient (Wildman–Crippen LogP) is 0.752. The smallest absolute Gasteiger partial charge is 0.322 e. The van der Waals surface area contributed by atoms with Crippen molar-refractivity contribution in [3.8, 4) is 11.5 Å². The van der Waals surface area contributed by atoms with Crippen LogP contribution in [0, 0.1) is 6.92 Å². The number of benzene rings is 1. The van der Waals surface area contributed by atoms with Crippen LogP contribution in [0.1, 0.15) is 11.1 Å². The van der Waals surface area contributed by atoms with Gasteiger partial charge in [-0.1, -0.05) is 0 Å². The van der Waals surface area contributed by atoms with Crippen LogP contribution in [0.3, 0.4) is 0 Å². The summed E-state index contributed by atoms with van der Waals surface area (Å²) in [7, 11) is 2.82. The molecule has 1 aromatic rings. The van der Waals surface area contributed by atoms with E-state index >= 15 is 0 Å². The number of rotatable bonds is 4. The highest BCUT2D eigenvalue weighted by molar-refractivity contribution is 5.75. The number of ether oxygens (including phenoxy) is 2. The summed E-state index contributed by atoms with van der Waals surface area (Å²) in [5.41, 5.74) is 7.01. The van der Waals surface area contributed by atoms with Gasteiger partial charge in [0, 0.05) is 6.42 Å². The molecule has 0 spiro atoms. The van der Waals surface area contributed by atoms with Crippen LogP contribution in [0.15, 0.2) is 12.1 Å². The van der Waals surface area contributed by atoms with E-state index < -0.39 is 12.0 Å². The number of aryl methyl sites for hydroxylation is 1. The number of methoxy groups -OCH3 is 2. The maximum atomic E-state index is 11.2. The molecule has 1 atom stereocenters. The zero-order valence-electron chi connectivity index (χ0n) is 10.2. The molecule has 0 aromatic heterocycles. The van der Waals surface area contributed by atoms with Crippen molar-refractivity contribution in [2.24, 2.45) is 5.73 Å². The number of aromatic hydroxyl groups is 1. The van der Waals surface area contributed by atoms with Crippen molar-refractivity contribution in [1.82, 2.24) is 0 Å². The summed E-state index contributed by atoms with van der Waals surface area (Å²) in [6.07, 6.45) is 0.204. The van der Waals surface area contributed by atoms with E-state index in [1.54, 1.807) is 19.2 Å². The largest absolute Gasteiger partial charge is 0.508 e. The Hall–Kier alpha value is -1.75. The van der Waals surface area contributed by atoms with Gasteiger partial charge in [-0.3, -0.25) is 4.79 Å². The van der Waals surface area contributed by atoms with Crippen LogP contribution >= 0.6 is 0 Å². The first-order valence-electron chi connectivity index (χ1n) is 5.19. The van der Waals surface area contributed by atoms with Crippen molar-refractivity contribution in [3.05, 3.63) is 23.3 Å². The summed E-state index contributed by atoms with van der Waals surface area (Å²) in [6.45, 7) is 1.82. The lowest BCUT2D eigenvalue weighted by Crippen LogP contribution is -2.33. The van der Waals surface area contributed by atoms with Crippen molar-refractivity contribution in [2.75, 3.05) is 14.2 Å². The van der Waals surface area contributed by atoms with Crippen LogP contribution < -0.4 is 10.5 Å². The molecule has 17 heavy (non-hydrogen) atoms. The number of hydrogen-bond donors (Lipinski definition) is 2. The molecule has 0 aliphatic heterocycles. The van der Waals surface area contributed by atoms with E-state index in [0.29, 0.717) is 11.3 Å². The van der Waals surface area contributed by atoms with E-state index in [4.69, 9.17) is 10.5 Å². The van der Waals surface area contributed by atoms with E-state index in [9.17, 15) is 9.90 Å². The summed E-state index contributed by atoms with van der Waals surface area (Å²) in [5.74, 6) is 0.237. The van der Waals surface area contributed by atoms with E-state index in [0.717, 1.165) is 5.56 Å². The highest BCUT2D eigenvalue weighted by Gasteiger charge is 2.17. The van der Waals surface area contributed by atoms with Crippen LogP contribution in [-0.4, -0.2) is 31.3 Å². The molecule has 0 saturated heterocycles. The maximum absolute atomic E-state index is 11.2. The van der Waals surface area contributed by atoms with Gasteiger partial charge in [0.05, 0.1) is 14.2 Å². The highest BCUT2D eigenvalue weighted by atomic mass is 16.5. The van der Waals surface area contributed by atoms with Crippen LogP contribution in [-0.2, 0) is 16.0 Å². The fraction of sp³-hybridized carbons (Fsp3) is 0.417. The first kappa shape index (κ1) is 13.3. The Morgan fingerprint density at radius 2 is 2.12 bits per heavy atom. The Morgan fingerprint density at radius 3 is 2.65 bits per heavy atom. The fourth-order valence-electron chi connectivity index (χ4n) is 1.57. The molecule has 0 aliphatic carbocycles. The number of carbonyl (C=O) groups excluding carboxylic acids is 1. The first-order valence-corrected chi connectivity index (χ1v) is 5.19. The second kappa shape index (κ2) is 5.54. The topological polar surface area (TPSA) is 81.8 Å². The second-order valence-electron chi connectivity index (χ2n) is 3.78. The van der Waals surface area contributed by atoms with Crippen molar-refractivity contribution < 1.29 is 19.4 Å². The molecular weight excluding hydrogens is 222 g/mol. The SMILES string of the molecule is COC(=O)C(N)Cc1cc(OC)c(C)cc1O. The van der Waals surface area contributed by atoms with Crippen molar-refractivity contribution in [1.29, 1.82) is 0 Å². The van der Waals surface area contributed by atoms with Gasteiger partial charge in [-0.2, -0.15) is 0 Å². The van der Waals surface area contributed by atoms with Gasteiger partial charge >= 0.3 is 5.97 Å². The number of phenols is 1. The summed E-state index contributed by atoms with van der Waals surface area (Å²) in [6, 6.07) is 2.46. The lowest BCUT2D eigenvalue weighted by atomic mass is 10.0. The Balaban J connectivity index is 2.94. The van der Waals surface area contributed by atoms with Gasteiger partial charge < -0.3 is 20.3 Å². The molecule has 1 unspecified atom stereocenters. The van der Waals surface area contributed by atoms with Gasteiger partial charge in [0.25, 0.3) is 0 Å². The predicted molar refractivity (Wildman–Crippen MR) is 63.1 cm³/mol. The van der Waals surface area contributed by atoms with Crippen molar-refractivity contribution in [3.63, 3.8) is 0 Å². The van der Waals surface area contributed by atoms with Gasteiger partial charge in [0.1, 0.15) is 17.5 Å². The van der Waals surface area contributed by atoms with Gasteiger partial charge in [-0.05, 0) is 30.2 Å². The third kappa shape index (κ3) is 3.10. The number of phenolic OH excluding ortho intramolecular Hbond substituents is 1. The number of hydrogen-bond acceptors (Lipinski definition) is 5. The average Bonchev–Trinajstić information content (AvgIpc) is 2.31. The average molecular weight is 239 g/mol. The quantitative estimate of drug-likeness (QED) is 0.758. The van der Waals surface area contributed by atoms with E-state index in [1.165, 1.54) is 7.11 Å². The molecule has 0 radical (unpaired) electrons. The van der Waals surface area contributed by atoms with E-state index in [-0.39, 0.29) is 12.2 Å². The molecule has 0 saturated carbocycles. The van der Waals surface area contributed by atoms with Gasteiger partial charge in [0.2, 0.25) is 0 Å². The molecule has 5 nitrogen and oxygen atoms in total. The molecule has 0 amide bonds. The zero-order chi connectivity index (χ0) is 13.0. The Kier molecular flexibility index (Phi) is 4.34. The Bertz CT molecular complexity index is 417. The summed E-state index contributed by atoms with van der Waals surface area (Å²) in [4.78, 5) is 11.2. The minimum Gasteiger partial charge on any atom is -0.508 e. The molecule has 0 aliphatic rings. The zero-order valence-corrected chi connectivity index (χ0v) is 10.2. The number of carbonyl (C=O) groups is 1. The van der Waals surface area contributed by atoms with Gasteiger partial charge in [-0.15, -0.1) is 0 Å². The summed E-state index contributed by atoms with van der Waals surface area (Å²) in [5, 5.41) is 9.75. The van der Waals surface area contributed by atoms with Gasteiger partial charge in [0.15, 0.2) is 0 Å². The van der Waals surface area contributed by atoms with Crippen molar-refractivity contribution >= 4 is 5.97 Å². The molecule has 3 N–H and O–H groups in total. The Morgan fingerprint density at radius 1 is 1.47 bits per heavy atom. The van der Waals surface area contributed by atoms with Crippen LogP contribution in [0.4, 0.5) is 0 Å². The maximum Gasteiger partial charge on any atom is 0.322 e. The molecule has 5 heteroatoms. The first-order chi connectivity index (χ1) is 7.99. The molecular formula is C12H17NO4. The standard InChI is InChI=1S/C12H17NO4/c1-7-4-10(14)8(6-11(7)16-2)5-9(13)12(15)17-3/h4,6,9,14H,5,13H2,1-3H3. The van der Waals surface area contributed by atoms with E-state index in [1.807, 2.05) is 6.92 Å². The second-order valence-corrected chi connectivity index (χ2v) is 3.78. The summed E-state index contributed by atoms with van der Waals surface area (Å²) >= 11 is 0. The molecule has 0 heterocycles. The lowest BCUT2D eigenvalue weighted by molar-refractivity contribution is -0.142. The molecule has 0 fully saturated rings. The minimum absolute atomic E-state index is 0.0997. The Labute approximate surface area is 100 Å². The van der Waals surface area contributed by atoms with E-state index in [2.05, 4.69) is 4.74 Å². The van der Waals surface area contributed by atoms with Crippen LogP contribution in [0.25, 0.3) is 0 Å². The molecule has 0 bridgehead atoms. The normalized spacial score (nSPS) is 12.0. The lowest BCUT2D eigenvalue weighted by Gasteiger charge is -2.13. The number of nitrogens with two attached hydrogens (primary N) is 1. The van der Waals surface area contributed by atoms with Crippen LogP contribution in [0.5, 0.6) is 11.5 Å². The molecule has 1 aromatic carbocycles. The van der Waals surface area contributed by atoms with Crippen LogP contribution in [0.2, 0.25) is 0 Å². The molecule has 94 valence electrons. The monoisotopic (exact) mass is 239 g/mol. The van der Waals surface area contributed by atoms with Gasteiger partial charge in [-0.25, -0.2) is 0 Å². The molecule has 1 rings (SSSR count). The fourth-order valence-corrected chi connectivity index (χ4v) is 1.57.